The Morgan fingerprint density at radius 2 is 2.00 bits per heavy atom. The van der Waals surface area contributed by atoms with E-state index in [2.05, 4.69) is 22.5 Å². The van der Waals surface area contributed by atoms with E-state index in [-0.39, 0.29) is 5.56 Å². The van der Waals surface area contributed by atoms with Crippen LogP contribution in [0.2, 0.25) is 0 Å². The van der Waals surface area contributed by atoms with Gasteiger partial charge in [0.2, 0.25) is 5.91 Å². The van der Waals surface area contributed by atoms with Crippen LogP contribution in [0, 0.1) is 13.8 Å². The molecule has 0 aliphatic heterocycles. The maximum atomic E-state index is 13.1. The molecule has 2 rings (SSSR count). The standard InChI is InChI=1S/C18H26N4O3S2/c1-6-8-9-22-16(24)13-10(3)11(4)26-15(13)21-18(22)27-12(5)14(23)20-17(25)19-7-2/h12H,6-9H2,1-5H3,(H2,19,20,23,25). The van der Waals surface area contributed by atoms with Gasteiger partial charge in [-0.3, -0.25) is 19.5 Å². The molecule has 0 spiro atoms. The number of carbonyl (C=O) groups is 2. The molecule has 2 N–H and O–H groups in total. The molecule has 1 atom stereocenters. The number of nitrogens with one attached hydrogen (secondary N) is 2. The Bertz CT molecular complexity index is 904. The largest absolute Gasteiger partial charge is 0.338 e. The number of aryl methyl sites for hydroxylation is 2. The van der Waals surface area contributed by atoms with Gasteiger partial charge in [-0.05, 0) is 39.7 Å². The summed E-state index contributed by atoms with van der Waals surface area (Å²) in [5, 5.41) is 5.45. The van der Waals surface area contributed by atoms with E-state index < -0.39 is 17.2 Å². The molecule has 2 heterocycles. The number of rotatable bonds is 7. The van der Waals surface area contributed by atoms with Crippen molar-refractivity contribution in [2.45, 2.75) is 64.4 Å². The molecular weight excluding hydrogens is 384 g/mol. The molecule has 1 unspecified atom stereocenters. The lowest BCUT2D eigenvalue weighted by molar-refractivity contribution is -0.119. The quantitative estimate of drug-likeness (QED) is 0.540. The number of thiophene rings is 1. The van der Waals surface area contributed by atoms with E-state index in [9.17, 15) is 14.4 Å². The fraction of sp³-hybridized carbons (Fsp3) is 0.556. The van der Waals surface area contributed by atoms with Gasteiger partial charge < -0.3 is 5.32 Å². The fourth-order valence-electron chi connectivity index (χ4n) is 2.54. The summed E-state index contributed by atoms with van der Waals surface area (Å²) in [6, 6.07) is -0.522. The maximum absolute atomic E-state index is 13.1. The summed E-state index contributed by atoms with van der Waals surface area (Å²) < 4.78 is 1.66. The third-order valence-electron chi connectivity index (χ3n) is 4.21. The van der Waals surface area contributed by atoms with Crippen LogP contribution in [0.4, 0.5) is 4.79 Å². The molecule has 0 aromatic carbocycles. The second kappa shape index (κ2) is 9.36. The number of amides is 3. The van der Waals surface area contributed by atoms with Crippen molar-refractivity contribution in [1.29, 1.82) is 0 Å². The minimum atomic E-state index is -0.563. The number of hydrogen-bond donors (Lipinski definition) is 2. The molecule has 0 bridgehead atoms. The van der Waals surface area contributed by atoms with Gasteiger partial charge in [-0.15, -0.1) is 11.3 Å². The molecular formula is C18H26N4O3S2. The van der Waals surface area contributed by atoms with Crippen molar-refractivity contribution in [2.75, 3.05) is 6.54 Å². The molecule has 27 heavy (non-hydrogen) atoms. The lowest BCUT2D eigenvalue weighted by atomic mass is 10.2. The number of carbonyl (C=O) groups excluding carboxylic acids is 2. The summed E-state index contributed by atoms with van der Waals surface area (Å²) in [5.41, 5.74) is 0.908. The number of aromatic nitrogens is 2. The molecule has 0 fully saturated rings. The summed E-state index contributed by atoms with van der Waals surface area (Å²) >= 11 is 2.69. The molecule has 3 amide bonds. The van der Waals surface area contributed by atoms with Crippen LogP contribution in [0.3, 0.4) is 0 Å². The molecule has 9 heteroatoms. The number of imide groups is 1. The zero-order valence-corrected chi connectivity index (χ0v) is 18.0. The lowest BCUT2D eigenvalue weighted by Crippen LogP contribution is -2.42. The van der Waals surface area contributed by atoms with Gasteiger partial charge in [0.05, 0.1) is 10.6 Å². The van der Waals surface area contributed by atoms with E-state index in [4.69, 9.17) is 0 Å². The number of thioether (sulfide) groups is 1. The molecule has 0 saturated heterocycles. The van der Waals surface area contributed by atoms with Crippen LogP contribution in [0.15, 0.2) is 9.95 Å². The number of fused-ring (bicyclic) bond motifs is 1. The summed E-state index contributed by atoms with van der Waals surface area (Å²) in [6.07, 6.45) is 1.80. The Morgan fingerprint density at radius 3 is 2.63 bits per heavy atom. The highest BCUT2D eigenvalue weighted by Gasteiger charge is 2.22. The third kappa shape index (κ3) is 4.90. The number of hydrogen-bond acceptors (Lipinski definition) is 6. The van der Waals surface area contributed by atoms with Crippen LogP contribution in [0.1, 0.15) is 44.1 Å². The first kappa shape index (κ1) is 21.4. The van der Waals surface area contributed by atoms with Crippen molar-refractivity contribution in [3.63, 3.8) is 0 Å². The highest BCUT2D eigenvalue weighted by Crippen LogP contribution is 2.29. The monoisotopic (exact) mass is 410 g/mol. The van der Waals surface area contributed by atoms with Gasteiger partial charge in [0.15, 0.2) is 5.16 Å². The molecule has 0 aliphatic rings. The van der Waals surface area contributed by atoms with E-state index in [1.54, 1.807) is 18.4 Å². The summed E-state index contributed by atoms with van der Waals surface area (Å²) in [4.78, 5) is 43.3. The Kier molecular flexibility index (Phi) is 7.43. The first-order valence-corrected chi connectivity index (χ1v) is 10.8. The average Bonchev–Trinajstić information content (AvgIpc) is 2.89. The molecule has 0 saturated carbocycles. The van der Waals surface area contributed by atoms with E-state index in [0.717, 1.165) is 23.3 Å². The highest BCUT2D eigenvalue weighted by atomic mass is 32.2. The van der Waals surface area contributed by atoms with Crippen molar-refractivity contribution in [3.05, 3.63) is 20.8 Å². The van der Waals surface area contributed by atoms with Crippen molar-refractivity contribution >= 4 is 45.3 Å². The van der Waals surface area contributed by atoms with Gasteiger partial charge in [-0.2, -0.15) is 0 Å². The topological polar surface area (TPSA) is 93.1 Å². The van der Waals surface area contributed by atoms with Crippen molar-refractivity contribution in [3.8, 4) is 0 Å². The van der Waals surface area contributed by atoms with Crippen molar-refractivity contribution in [1.82, 2.24) is 20.2 Å². The summed E-state index contributed by atoms with van der Waals surface area (Å²) in [5.74, 6) is -0.416. The van der Waals surface area contributed by atoms with Crippen LogP contribution in [-0.4, -0.2) is 33.3 Å². The van der Waals surface area contributed by atoms with Crippen molar-refractivity contribution < 1.29 is 9.59 Å². The van der Waals surface area contributed by atoms with Crippen LogP contribution < -0.4 is 16.2 Å². The second-order valence-corrected chi connectivity index (χ2v) is 8.79. The second-order valence-electron chi connectivity index (χ2n) is 6.28. The lowest BCUT2D eigenvalue weighted by Gasteiger charge is -2.15. The summed E-state index contributed by atoms with van der Waals surface area (Å²) in [7, 11) is 0. The van der Waals surface area contributed by atoms with Gasteiger partial charge >= 0.3 is 6.03 Å². The van der Waals surface area contributed by atoms with E-state index in [0.29, 0.717) is 28.5 Å². The normalized spacial score (nSPS) is 12.2. The van der Waals surface area contributed by atoms with Gasteiger partial charge in [-0.1, -0.05) is 25.1 Å². The molecule has 2 aromatic heterocycles. The molecule has 0 radical (unpaired) electrons. The third-order valence-corrected chi connectivity index (χ3v) is 6.41. The van der Waals surface area contributed by atoms with Crippen LogP contribution in [0.5, 0.6) is 0 Å². The SMILES string of the molecule is CCCCn1c(SC(C)C(=O)NC(=O)NCC)nc2sc(C)c(C)c2c1=O. The Morgan fingerprint density at radius 1 is 1.30 bits per heavy atom. The zero-order valence-electron chi connectivity index (χ0n) is 16.3. The minimum absolute atomic E-state index is 0.0610. The Hall–Kier alpha value is -1.87. The van der Waals surface area contributed by atoms with Gasteiger partial charge in [0.1, 0.15) is 4.83 Å². The predicted molar refractivity (Wildman–Crippen MR) is 111 cm³/mol. The first-order valence-electron chi connectivity index (χ1n) is 9.05. The van der Waals surface area contributed by atoms with E-state index in [1.165, 1.54) is 23.1 Å². The van der Waals surface area contributed by atoms with Gasteiger partial charge in [0.25, 0.3) is 5.56 Å². The van der Waals surface area contributed by atoms with Gasteiger partial charge in [-0.25, -0.2) is 9.78 Å². The van der Waals surface area contributed by atoms with Crippen molar-refractivity contribution in [2.24, 2.45) is 0 Å². The number of unbranched alkanes of at least 4 members (excludes halogenated alkanes) is 1. The molecule has 0 aliphatic carbocycles. The Balaban J connectivity index is 2.36. The van der Waals surface area contributed by atoms with Crippen LogP contribution in [0.25, 0.3) is 10.2 Å². The fourth-order valence-corrected chi connectivity index (χ4v) is 4.55. The van der Waals surface area contributed by atoms with Gasteiger partial charge in [0, 0.05) is 18.0 Å². The van der Waals surface area contributed by atoms with E-state index >= 15 is 0 Å². The first-order chi connectivity index (χ1) is 12.8. The molecule has 7 nitrogen and oxygen atoms in total. The summed E-state index contributed by atoms with van der Waals surface area (Å²) in [6.45, 7) is 10.4. The smallest absolute Gasteiger partial charge is 0.321 e. The average molecular weight is 411 g/mol. The molecule has 148 valence electrons. The number of urea groups is 1. The zero-order chi connectivity index (χ0) is 20.1. The maximum Gasteiger partial charge on any atom is 0.321 e. The van der Waals surface area contributed by atoms with Crippen LogP contribution in [-0.2, 0) is 11.3 Å². The highest BCUT2D eigenvalue weighted by molar-refractivity contribution is 8.00. The predicted octanol–water partition coefficient (Wildman–Crippen LogP) is 3.20. The molecule has 2 aromatic rings. The van der Waals surface area contributed by atoms with Crippen LogP contribution >= 0.6 is 23.1 Å². The minimum Gasteiger partial charge on any atom is -0.338 e. The number of nitrogens with zero attached hydrogens (tertiary/aromatic N) is 2. The Labute approximate surface area is 166 Å². The van der Waals surface area contributed by atoms with E-state index in [1.807, 2.05) is 13.8 Å².